The molecule has 2 aromatic carbocycles. The fourth-order valence-electron chi connectivity index (χ4n) is 2.36. The molecule has 0 fully saturated rings. The van der Waals surface area contributed by atoms with Gasteiger partial charge in [-0.25, -0.2) is 4.39 Å². The smallest absolute Gasteiger partial charge is 0.220 e. The normalized spacial score (nSPS) is 10.4. The van der Waals surface area contributed by atoms with Crippen LogP contribution in [0.1, 0.15) is 40.7 Å². The van der Waals surface area contributed by atoms with E-state index < -0.39 is 0 Å². The van der Waals surface area contributed by atoms with Crippen molar-refractivity contribution >= 4 is 11.7 Å². The summed E-state index contributed by atoms with van der Waals surface area (Å²) in [6.07, 6.45) is 0.921. The number of amides is 1. The third-order valence-electron chi connectivity index (χ3n) is 3.74. The van der Waals surface area contributed by atoms with Crippen molar-refractivity contribution in [1.82, 2.24) is 5.32 Å². The van der Waals surface area contributed by atoms with E-state index in [4.69, 9.17) is 0 Å². The SMILES string of the molecule is O=C(CCCC(=O)c1ccc(F)cc1)NCc1ccccc1CO. The number of hydrogen-bond donors (Lipinski definition) is 2. The van der Waals surface area contributed by atoms with Crippen molar-refractivity contribution in [3.8, 4) is 0 Å². The van der Waals surface area contributed by atoms with Crippen LogP contribution in [-0.4, -0.2) is 16.8 Å². The number of halogens is 1. The van der Waals surface area contributed by atoms with Crippen LogP contribution in [0.5, 0.6) is 0 Å². The molecule has 1 amide bonds. The number of nitrogens with one attached hydrogen (secondary N) is 1. The van der Waals surface area contributed by atoms with E-state index in [0.717, 1.165) is 11.1 Å². The minimum absolute atomic E-state index is 0.0712. The third-order valence-corrected chi connectivity index (χ3v) is 3.74. The van der Waals surface area contributed by atoms with Crippen LogP contribution < -0.4 is 5.32 Å². The molecule has 0 saturated carbocycles. The first-order valence-electron chi connectivity index (χ1n) is 7.83. The van der Waals surface area contributed by atoms with Gasteiger partial charge in [0.25, 0.3) is 0 Å². The molecule has 0 radical (unpaired) electrons. The molecule has 0 heterocycles. The van der Waals surface area contributed by atoms with Gasteiger partial charge in [0.05, 0.1) is 6.61 Å². The Kier molecular flexibility index (Phi) is 6.63. The molecular weight excluding hydrogens is 309 g/mol. The van der Waals surface area contributed by atoms with Gasteiger partial charge in [0.15, 0.2) is 5.78 Å². The summed E-state index contributed by atoms with van der Waals surface area (Å²) in [5.74, 6) is -0.628. The lowest BCUT2D eigenvalue weighted by atomic mass is 10.1. The Labute approximate surface area is 140 Å². The van der Waals surface area contributed by atoms with Crippen molar-refractivity contribution in [2.75, 3.05) is 0 Å². The topological polar surface area (TPSA) is 66.4 Å². The van der Waals surface area contributed by atoms with Gasteiger partial charge < -0.3 is 10.4 Å². The van der Waals surface area contributed by atoms with E-state index in [1.54, 1.807) is 0 Å². The van der Waals surface area contributed by atoms with E-state index in [2.05, 4.69) is 5.32 Å². The number of Topliss-reactive ketones (excluding diaryl/α,β-unsaturated/α-hetero) is 1. The number of aliphatic hydroxyl groups excluding tert-OH is 1. The van der Waals surface area contributed by atoms with Gasteiger partial charge in [-0.2, -0.15) is 0 Å². The summed E-state index contributed by atoms with van der Waals surface area (Å²) in [7, 11) is 0. The Hall–Kier alpha value is -2.53. The molecule has 0 aliphatic heterocycles. The molecule has 0 saturated heterocycles. The Balaban J connectivity index is 1.73. The minimum atomic E-state index is -0.380. The predicted molar refractivity (Wildman–Crippen MR) is 88.8 cm³/mol. The molecular formula is C19H20FNO3. The van der Waals surface area contributed by atoms with E-state index in [1.165, 1.54) is 24.3 Å². The molecule has 126 valence electrons. The molecule has 2 aromatic rings. The van der Waals surface area contributed by atoms with E-state index >= 15 is 0 Å². The highest BCUT2D eigenvalue weighted by Gasteiger charge is 2.08. The average Bonchev–Trinajstić information content (AvgIpc) is 2.60. The average molecular weight is 329 g/mol. The quantitative estimate of drug-likeness (QED) is 0.732. The number of aliphatic hydroxyl groups is 1. The van der Waals surface area contributed by atoms with E-state index in [1.807, 2.05) is 24.3 Å². The highest BCUT2D eigenvalue weighted by Crippen LogP contribution is 2.10. The zero-order valence-corrected chi connectivity index (χ0v) is 13.3. The van der Waals surface area contributed by atoms with Crippen LogP contribution in [0.15, 0.2) is 48.5 Å². The van der Waals surface area contributed by atoms with Gasteiger partial charge in [-0.05, 0) is 41.8 Å². The Bertz CT molecular complexity index is 698. The van der Waals surface area contributed by atoms with Crippen molar-refractivity contribution in [2.24, 2.45) is 0 Å². The summed E-state index contributed by atoms with van der Waals surface area (Å²) in [4.78, 5) is 23.8. The Morgan fingerprint density at radius 3 is 2.29 bits per heavy atom. The lowest BCUT2D eigenvalue weighted by Gasteiger charge is -2.09. The van der Waals surface area contributed by atoms with Crippen LogP contribution in [0.2, 0.25) is 0 Å². The van der Waals surface area contributed by atoms with Crippen molar-refractivity contribution in [3.05, 3.63) is 71.0 Å². The lowest BCUT2D eigenvalue weighted by Crippen LogP contribution is -2.23. The summed E-state index contributed by atoms with van der Waals surface area (Å²) >= 11 is 0. The molecule has 4 nitrogen and oxygen atoms in total. The molecule has 0 aliphatic carbocycles. The summed E-state index contributed by atoms with van der Waals surface area (Å²) in [6.45, 7) is 0.277. The van der Waals surface area contributed by atoms with Crippen LogP contribution in [0.4, 0.5) is 4.39 Å². The second-order valence-electron chi connectivity index (χ2n) is 5.49. The van der Waals surface area contributed by atoms with Crippen molar-refractivity contribution in [1.29, 1.82) is 0 Å². The maximum absolute atomic E-state index is 12.8. The Morgan fingerprint density at radius 1 is 0.958 bits per heavy atom. The van der Waals surface area contributed by atoms with Crippen molar-refractivity contribution in [3.63, 3.8) is 0 Å². The molecule has 2 N–H and O–H groups in total. The van der Waals surface area contributed by atoms with E-state index in [0.29, 0.717) is 18.5 Å². The maximum atomic E-state index is 12.8. The summed E-state index contributed by atoms with van der Waals surface area (Å²) < 4.78 is 12.8. The van der Waals surface area contributed by atoms with Gasteiger partial charge in [0.2, 0.25) is 5.91 Å². The molecule has 0 bridgehead atoms. The monoisotopic (exact) mass is 329 g/mol. The number of carbonyl (C=O) groups is 2. The van der Waals surface area contributed by atoms with Gasteiger partial charge in [-0.15, -0.1) is 0 Å². The van der Waals surface area contributed by atoms with E-state index in [-0.39, 0.29) is 37.0 Å². The van der Waals surface area contributed by atoms with Crippen LogP contribution in [-0.2, 0) is 17.9 Å². The second-order valence-corrected chi connectivity index (χ2v) is 5.49. The summed E-state index contributed by atoms with van der Waals surface area (Å²) in [5, 5.41) is 12.0. The summed E-state index contributed by atoms with van der Waals surface area (Å²) in [6, 6.07) is 12.7. The zero-order valence-electron chi connectivity index (χ0n) is 13.3. The number of benzene rings is 2. The highest BCUT2D eigenvalue weighted by molar-refractivity contribution is 5.96. The van der Waals surface area contributed by atoms with Gasteiger partial charge in [-0.1, -0.05) is 24.3 Å². The maximum Gasteiger partial charge on any atom is 0.220 e. The van der Waals surface area contributed by atoms with Crippen LogP contribution >= 0.6 is 0 Å². The predicted octanol–water partition coefficient (Wildman–Crippen LogP) is 2.99. The minimum Gasteiger partial charge on any atom is -0.392 e. The molecule has 0 atom stereocenters. The molecule has 0 spiro atoms. The largest absolute Gasteiger partial charge is 0.392 e. The van der Waals surface area contributed by atoms with Gasteiger partial charge in [-0.3, -0.25) is 9.59 Å². The number of rotatable bonds is 8. The van der Waals surface area contributed by atoms with Gasteiger partial charge in [0, 0.05) is 24.9 Å². The third kappa shape index (κ3) is 5.28. The van der Waals surface area contributed by atoms with Crippen molar-refractivity contribution in [2.45, 2.75) is 32.4 Å². The molecule has 0 aromatic heterocycles. The fourth-order valence-corrected chi connectivity index (χ4v) is 2.36. The first-order valence-corrected chi connectivity index (χ1v) is 7.83. The summed E-state index contributed by atoms with van der Waals surface area (Å²) in [5.41, 5.74) is 2.11. The van der Waals surface area contributed by atoms with Crippen molar-refractivity contribution < 1.29 is 19.1 Å². The molecule has 0 unspecified atom stereocenters. The molecule has 0 aliphatic rings. The number of hydrogen-bond acceptors (Lipinski definition) is 3. The molecule has 24 heavy (non-hydrogen) atoms. The lowest BCUT2D eigenvalue weighted by molar-refractivity contribution is -0.121. The van der Waals surface area contributed by atoms with Gasteiger partial charge in [0.1, 0.15) is 5.82 Å². The zero-order chi connectivity index (χ0) is 17.4. The van der Waals surface area contributed by atoms with Crippen LogP contribution in [0.3, 0.4) is 0 Å². The number of ketones is 1. The fraction of sp³-hybridized carbons (Fsp3) is 0.263. The first-order chi connectivity index (χ1) is 11.6. The second kappa shape index (κ2) is 8.93. The Morgan fingerprint density at radius 2 is 1.62 bits per heavy atom. The van der Waals surface area contributed by atoms with Crippen LogP contribution in [0.25, 0.3) is 0 Å². The van der Waals surface area contributed by atoms with Crippen LogP contribution in [0, 0.1) is 5.82 Å². The van der Waals surface area contributed by atoms with E-state index in [9.17, 15) is 19.1 Å². The number of carbonyl (C=O) groups excluding carboxylic acids is 2. The first kappa shape index (κ1) is 17.8. The van der Waals surface area contributed by atoms with Gasteiger partial charge >= 0.3 is 0 Å². The molecule has 2 rings (SSSR count). The highest BCUT2D eigenvalue weighted by atomic mass is 19.1. The molecule has 5 heteroatoms. The standard InChI is InChI=1S/C19H20FNO3/c20-17-10-8-14(9-11-17)18(23)6-3-7-19(24)21-12-15-4-1-2-5-16(15)13-22/h1-2,4-5,8-11,22H,3,6-7,12-13H2,(H,21,24).